The van der Waals surface area contributed by atoms with Crippen molar-refractivity contribution in [3.05, 3.63) is 23.8 Å². The molecule has 0 aliphatic rings. The summed E-state index contributed by atoms with van der Waals surface area (Å²) in [6.07, 6.45) is 0.882. The van der Waals surface area contributed by atoms with Crippen LogP contribution in [0, 0.1) is 0 Å². The first kappa shape index (κ1) is 14.8. The fraction of sp³-hybridized carbons (Fsp3) is 0.462. The van der Waals surface area contributed by atoms with Gasteiger partial charge in [0.05, 0.1) is 14.2 Å². The molecule has 0 heterocycles. The standard InChI is InChI=1S/C13H18BrNO3/c1-9(14)4-5-15-13(16)10-6-11(17-2)8-12(7-10)18-3/h6-9H,4-5H2,1-3H3,(H,15,16). The SMILES string of the molecule is COc1cc(OC)cc(C(=O)NCCC(C)Br)c1. The van der Waals surface area contributed by atoms with E-state index in [0.29, 0.717) is 28.4 Å². The lowest BCUT2D eigenvalue weighted by molar-refractivity contribution is 0.0952. The molecular formula is C13H18BrNO3. The highest BCUT2D eigenvalue weighted by Gasteiger charge is 2.09. The van der Waals surface area contributed by atoms with Crippen molar-refractivity contribution in [1.29, 1.82) is 0 Å². The summed E-state index contributed by atoms with van der Waals surface area (Å²) in [6.45, 7) is 2.67. The number of nitrogens with one attached hydrogen (secondary N) is 1. The van der Waals surface area contributed by atoms with Crippen LogP contribution in [0.5, 0.6) is 11.5 Å². The first-order valence-electron chi connectivity index (χ1n) is 5.72. The number of carbonyl (C=O) groups excluding carboxylic acids is 1. The van der Waals surface area contributed by atoms with Gasteiger partial charge >= 0.3 is 0 Å². The van der Waals surface area contributed by atoms with Crippen LogP contribution in [-0.4, -0.2) is 31.5 Å². The lowest BCUT2D eigenvalue weighted by Gasteiger charge is -2.09. The Balaban J connectivity index is 2.72. The molecule has 5 heteroatoms. The van der Waals surface area contributed by atoms with E-state index in [9.17, 15) is 4.79 Å². The summed E-state index contributed by atoms with van der Waals surface area (Å²) >= 11 is 3.44. The van der Waals surface area contributed by atoms with Crippen molar-refractivity contribution >= 4 is 21.8 Å². The number of halogens is 1. The van der Waals surface area contributed by atoms with Crippen molar-refractivity contribution in [2.24, 2.45) is 0 Å². The number of methoxy groups -OCH3 is 2. The van der Waals surface area contributed by atoms with Gasteiger partial charge in [0.25, 0.3) is 5.91 Å². The molecule has 0 fully saturated rings. The number of ether oxygens (including phenoxy) is 2. The monoisotopic (exact) mass is 315 g/mol. The molecular weight excluding hydrogens is 298 g/mol. The molecule has 0 bridgehead atoms. The predicted octanol–water partition coefficient (Wildman–Crippen LogP) is 2.61. The summed E-state index contributed by atoms with van der Waals surface area (Å²) in [7, 11) is 3.12. The highest BCUT2D eigenvalue weighted by Crippen LogP contribution is 2.22. The Kier molecular flexibility index (Phi) is 5.98. The van der Waals surface area contributed by atoms with Gasteiger partial charge < -0.3 is 14.8 Å². The highest BCUT2D eigenvalue weighted by molar-refractivity contribution is 9.09. The zero-order valence-corrected chi connectivity index (χ0v) is 12.4. The minimum atomic E-state index is -0.125. The van der Waals surface area contributed by atoms with Gasteiger partial charge in [-0.05, 0) is 18.6 Å². The average Bonchev–Trinajstić information content (AvgIpc) is 2.37. The Morgan fingerprint density at radius 2 is 1.83 bits per heavy atom. The third-order valence-corrected chi connectivity index (χ3v) is 2.90. The van der Waals surface area contributed by atoms with E-state index >= 15 is 0 Å². The van der Waals surface area contributed by atoms with Crippen molar-refractivity contribution in [3.8, 4) is 11.5 Å². The lowest BCUT2D eigenvalue weighted by Crippen LogP contribution is -2.25. The van der Waals surface area contributed by atoms with Crippen molar-refractivity contribution in [1.82, 2.24) is 5.32 Å². The third kappa shape index (κ3) is 4.56. The highest BCUT2D eigenvalue weighted by atomic mass is 79.9. The lowest BCUT2D eigenvalue weighted by atomic mass is 10.2. The van der Waals surface area contributed by atoms with Crippen LogP contribution in [0.15, 0.2) is 18.2 Å². The number of benzene rings is 1. The van der Waals surface area contributed by atoms with Crippen molar-refractivity contribution < 1.29 is 14.3 Å². The molecule has 1 unspecified atom stereocenters. The summed E-state index contributed by atoms with van der Waals surface area (Å²) in [6, 6.07) is 5.11. The van der Waals surface area contributed by atoms with Crippen molar-refractivity contribution in [3.63, 3.8) is 0 Å². The van der Waals surface area contributed by atoms with Crippen LogP contribution in [0.3, 0.4) is 0 Å². The Bertz CT molecular complexity index is 385. The normalized spacial score (nSPS) is 11.8. The maximum absolute atomic E-state index is 11.9. The summed E-state index contributed by atoms with van der Waals surface area (Å²) in [5, 5.41) is 2.85. The van der Waals surface area contributed by atoms with Gasteiger partial charge in [-0.1, -0.05) is 22.9 Å². The second-order valence-electron chi connectivity index (χ2n) is 3.93. The van der Waals surface area contributed by atoms with Crippen LogP contribution >= 0.6 is 15.9 Å². The van der Waals surface area contributed by atoms with E-state index in [2.05, 4.69) is 21.2 Å². The van der Waals surface area contributed by atoms with Gasteiger partial charge in [-0.15, -0.1) is 0 Å². The van der Waals surface area contributed by atoms with Gasteiger partial charge in [0.1, 0.15) is 11.5 Å². The van der Waals surface area contributed by atoms with Gasteiger partial charge in [-0.3, -0.25) is 4.79 Å². The summed E-state index contributed by atoms with van der Waals surface area (Å²) < 4.78 is 10.2. The number of hydrogen-bond acceptors (Lipinski definition) is 3. The molecule has 18 heavy (non-hydrogen) atoms. The van der Waals surface area contributed by atoms with Gasteiger partial charge in [-0.2, -0.15) is 0 Å². The second kappa shape index (κ2) is 7.26. The average molecular weight is 316 g/mol. The van der Waals surface area contributed by atoms with Crippen LogP contribution in [0.4, 0.5) is 0 Å². The van der Waals surface area contributed by atoms with Gasteiger partial charge in [-0.25, -0.2) is 0 Å². The first-order valence-corrected chi connectivity index (χ1v) is 6.63. The maximum atomic E-state index is 11.9. The quantitative estimate of drug-likeness (QED) is 0.821. The first-order chi connectivity index (χ1) is 8.56. The minimum Gasteiger partial charge on any atom is -0.497 e. The van der Waals surface area contributed by atoms with E-state index in [1.807, 2.05) is 6.92 Å². The molecule has 1 aromatic rings. The Hall–Kier alpha value is -1.23. The van der Waals surface area contributed by atoms with E-state index in [-0.39, 0.29) is 5.91 Å². The molecule has 1 atom stereocenters. The molecule has 100 valence electrons. The smallest absolute Gasteiger partial charge is 0.251 e. The molecule has 1 aromatic carbocycles. The molecule has 1 amide bonds. The van der Waals surface area contributed by atoms with E-state index in [1.165, 1.54) is 0 Å². The molecule has 1 rings (SSSR count). The number of alkyl halides is 1. The molecule has 4 nitrogen and oxygen atoms in total. The second-order valence-corrected chi connectivity index (χ2v) is 5.49. The maximum Gasteiger partial charge on any atom is 0.251 e. The van der Waals surface area contributed by atoms with E-state index in [0.717, 1.165) is 6.42 Å². The van der Waals surface area contributed by atoms with Crippen LogP contribution in [0.2, 0.25) is 0 Å². The van der Waals surface area contributed by atoms with Crippen molar-refractivity contribution in [2.75, 3.05) is 20.8 Å². The zero-order valence-electron chi connectivity index (χ0n) is 10.8. The molecule has 1 N–H and O–H groups in total. The fourth-order valence-electron chi connectivity index (χ4n) is 1.43. The summed E-state index contributed by atoms with van der Waals surface area (Å²) in [5.41, 5.74) is 0.536. The van der Waals surface area contributed by atoms with E-state index in [1.54, 1.807) is 32.4 Å². The largest absolute Gasteiger partial charge is 0.497 e. The topological polar surface area (TPSA) is 47.6 Å². The van der Waals surface area contributed by atoms with Crippen LogP contribution in [0.1, 0.15) is 23.7 Å². The van der Waals surface area contributed by atoms with Crippen molar-refractivity contribution in [2.45, 2.75) is 18.2 Å². The minimum absolute atomic E-state index is 0.125. The van der Waals surface area contributed by atoms with Crippen LogP contribution in [-0.2, 0) is 0 Å². The van der Waals surface area contributed by atoms with E-state index < -0.39 is 0 Å². The fourth-order valence-corrected chi connectivity index (χ4v) is 1.65. The van der Waals surface area contributed by atoms with Gasteiger partial charge in [0.2, 0.25) is 0 Å². The van der Waals surface area contributed by atoms with Gasteiger partial charge in [0, 0.05) is 23.0 Å². The molecule has 0 radical (unpaired) electrons. The van der Waals surface area contributed by atoms with Crippen LogP contribution in [0.25, 0.3) is 0 Å². The Morgan fingerprint density at radius 3 is 2.28 bits per heavy atom. The number of amides is 1. The molecule has 0 saturated carbocycles. The summed E-state index contributed by atoms with van der Waals surface area (Å²) in [5.74, 6) is 1.09. The predicted molar refractivity (Wildman–Crippen MR) is 74.9 cm³/mol. The van der Waals surface area contributed by atoms with Gasteiger partial charge in [0.15, 0.2) is 0 Å². The Morgan fingerprint density at radius 1 is 1.28 bits per heavy atom. The Labute approximate surface area is 116 Å². The zero-order chi connectivity index (χ0) is 13.5. The number of rotatable bonds is 6. The molecule has 0 spiro atoms. The third-order valence-electron chi connectivity index (χ3n) is 2.44. The molecule has 0 aliphatic carbocycles. The molecule has 0 aromatic heterocycles. The van der Waals surface area contributed by atoms with Crippen LogP contribution < -0.4 is 14.8 Å². The number of carbonyl (C=O) groups is 1. The van der Waals surface area contributed by atoms with E-state index in [4.69, 9.17) is 9.47 Å². The summed E-state index contributed by atoms with van der Waals surface area (Å²) in [4.78, 5) is 12.3. The molecule has 0 saturated heterocycles. The molecule has 0 aliphatic heterocycles. The number of hydrogen-bond donors (Lipinski definition) is 1.